The Balaban J connectivity index is 2.05. The van der Waals surface area contributed by atoms with E-state index in [2.05, 4.69) is 6.07 Å². The van der Waals surface area contributed by atoms with E-state index in [0.29, 0.717) is 17.1 Å². The van der Waals surface area contributed by atoms with Crippen molar-refractivity contribution in [2.24, 2.45) is 0 Å². The molecule has 0 bridgehead atoms. The second-order valence-corrected chi connectivity index (χ2v) is 5.28. The summed E-state index contributed by atoms with van der Waals surface area (Å²) in [7, 11) is 1.58. The van der Waals surface area contributed by atoms with Gasteiger partial charge in [-0.1, -0.05) is 29.8 Å². The molecule has 98 valence electrons. The zero-order valence-corrected chi connectivity index (χ0v) is 11.9. The van der Waals surface area contributed by atoms with Crippen molar-refractivity contribution in [3.05, 3.63) is 59.7 Å². The summed E-state index contributed by atoms with van der Waals surface area (Å²) in [6.45, 7) is 2.05. The number of thioether (sulfide) groups is 1. The van der Waals surface area contributed by atoms with Gasteiger partial charge in [-0.3, -0.25) is 4.79 Å². The predicted octanol–water partition coefficient (Wildman–Crippen LogP) is 3.98. The molecular weight excluding hydrogens is 256 g/mol. The van der Waals surface area contributed by atoms with Crippen LogP contribution >= 0.6 is 11.8 Å². The Morgan fingerprint density at radius 3 is 2.68 bits per heavy atom. The second-order valence-electron chi connectivity index (χ2n) is 4.23. The predicted molar refractivity (Wildman–Crippen MR) is 79.2 cm³/mol. The number of benzene rings is 2. The van der Waals surface area contributed by atoms with Gasteiger partial charge in [-0.05, 0) is 31.2 Å². The van der Waals surface area contributed by atoms with Crippen molar-refractivity contribution < 1.29 is 9.53 Å². The van der Waals surface area contributed by atoms with Crippen molar-refractivity contribution in [3.63, 3.8) is 0 Å². The Morgan fingerprint density at radius 1 is 1.16 bits per heavy atom. The van der Waals surface area contributed by atoms with Crippen LogP contribution in [-0.2, 0) is 0 Å². The highest BCUT2D eigenvalue weighted by Crippen LogP contribution is 2.23. The third-order valence-corrected chi connectivity index (χ3v) is 3.76. The van der Waals surface area contributed by atoms with Crippen LogP contribution in [0.15, 0.2) is 53.4 Å². The molecule has 0 heterocycles. The molecule has 0 saturated heterocycles. The van der Waals surface area contributed by atoms with Gasteiger partial charge in [0.1, 0.15) is 5.75 Å². The molecule has 0 N–H and O–H groups in total. The average Bonchev–Trinajstić information content (AvgIpc) is 2.45. The number of ketones is 1. The van der Waals surface area contributed by atoms with Crippen LogP contribution in [-0.4, -0.2) is 18.6 Å². The number of ether oxygens (including phenoxy) is 1. The van der Waals surface area contributed by atoms with Crippen molar-refractivity contribution in [3.8, 4) is 5.75 Å². The maximum Gasteiger partial charge on any atom is 0.176 e. The van der Waals surface area contributed by atoms with Gasteiger partial charge >= 0.3 is 0 Å². The van der Waals surface area contributed by atoms with Crippen molar-refractivity contribution >= 4 is 17.5 Å². The SMILES string of the molecule is COc1ccccc1C(=O)CSc1cccc(C)c1. The van der Waals surface area contributed by atoms with Crippen LogP contribution in [0.5, 0.6) is 5.75 Å². The Labute approximate surface area is 117 Å². The second kappa shape index (κ2) is 6.43. The lowest BCUT2D eigenvalue weighted by atomic mass is 10.1. The first-order chi connectivity index (χ1) is 9.20. The van der Waals surface area contributed by atoms with E-state index in [-0.39, 0.29) is 5.78 Å². The van der Waals surface area contributed by atoms with Crippen LogP contribution < -0.4 is 4.74 Å². The molecule has 0 aliphatic heterocycles. The fourth-order valence-corrected chi connectivity index (χ4v) is 2.70. The van der Waals surface area contributed by atoms with Crippen LogP contribution in [0.2, 0.25) is 0 Å². The zero-order chi connectivity index (χ0) is 13.7. The summed E-state index contributed by atoms with van der Waals surface area (Å²) in [5, 5.41) is 0. The van der Waals surface area contributed by atoms with E-state index in [9.17, 15) is 4.79 Å². The molecule has 0 saturated carbocycles. The molecule has 2 aromatic rings. The summed E-state index contributed by atoms with van der Waals surface area (Å²) in [6, 6.07) is 15.5. The van der Waals surface area contributed by atoms with Crippen molar-refractivity contribution in [2.75, 3.05) is 12.9 Å². The lowest BCUT2D eigenvalue weighted by molar-refractivity contribution is 0.101. The minimum atomic E-state index is 0.0870. The van der Waals surface area contributed by atoms with Crippen LogP contribution in [0.3, 0.4) is 0 Å². The average molecular weight is 272 g/mol. The Kier molecular flexibility index (Phi) is 4.63. The smallest absolute Gasteiger partial charge is 0.176 e. The maximum absolute atomic E-state index is 12.2. The lowest BCUT2D eigenvalue weighted by Gasteiger charge is -2.07. The minimum Gasteiger partial charge on any atom is -0.496 e. The number of para-hydroxylation sites is 1. The summed E-state index contributed by atoms with van der Waals surface area (Å²) in [5.41, 5.74) is 1.85. The third kappa shape index (κ3) is 3.61. The number of hydrogen-bond donors (Lipinski definition) is 0. The monoisotopic (exact) mass is 272 g/mol. The standard InChI is InChI=1S/C16H16O2S/c1-12-6-5-7-13(10-12)19-11-15(17)14-8-3-4-9-16(14)18-2/h3-10H,11H2,1-2H3. The van der Waals surface area contributed by atoms with Gasteiger partial charge in [0.25, 0.3) is 0 Å². The lowest BCUT2D eigenvalue weighted by Crippen LogP contribution is -2.04. The van der Waals surface area contributed by atoms with Gasteiger partial charge in [0, 0.05) is 4.90 Å². The quantitative estimate of drug-likeness (QED) is 0.608. The highest BCUT2D eigenvalue weighted by Gasteiger charge is 2.11. The number of carbonyl (C=O) groups is 1. The molecule has 0 radical (unpaired) electrons. The summed E-state index contributed by atoms with van der Waals surface area (Å²) >= 11 is 1.55. The Hall–Kier alpha value is -1.74. The Morgan fingerprint density at radius 2 is 1.95 bits per heavy atom. The first-order valence-electron chi connectivity index (χ1n) is 6.06. The molecule has 0 unspecified atom stereocenters. The van der Waals surface area contributed by atoms with Crippen molar-refractivity contribution in [1.29, 1.82) is 0 Å². The molecule has 2 aromatic carbocycles. The number of methoxy groups -OCH3 is 1. The van der Waals surface area contributed by atoms with Gasteiger partial charge in [0.05, 0.1) is 18.4 Å². The molecule has 3 heteroatoms. The van der Waals surface area contributed by atoms with E-state index < -0.39 is 0 Å². The third-order valence-electron chi connectivity index (χ3n) is 2.77. The van der Waals surface area contributed by atoms with E-state index in [4.69, 9.17) is 4.74 Å². The van der Waals surface area contributed by atoms with Gasteiger partial charge in [0.15, 0.2) is 5.78 Å². The first kappa shape index (κ1) is 13.7. The van der Waals surface area contributed by atoms with Crippen molar-refractivity contribution in [2.45, 2.75) is 11.8 Å². The van der Waals surface area contributed by atoms with Gasteiger partial charge < -0.3 is 4.74 Å². The fourth-order valence-electron chi connectivity index (χ4n) is 1.81. The van der Waals surface area contributed by atoms with E-state index in [1.165, 1.54) is 5.56 Å². The van der Waals surface area contributed by atoms with Crippen LogP contribution in [0, 0.1) is 6.92 Å². The summed E-state index contributed by atoms with van der Waals surface area (Å²) in [6.07, 6.45) is 0. The molecule has 0 aromatic heterocycles. The van der Waals surface area contributed by atoms with Gasteiger partial charge in [-0.25, -0.2) is 0 Å². The highest BCUT2D eigenvalue weighted by atomic mass is 32.2. The molecule has 0 amide bonds. The Bertz CT molecular complexity index is 578. The maximum atomic E-state index is 12.2. The molecule has 19 heavy (non-hydrogen) atoms. The molecule has 0 atom stereocenters. The van der Waals surface area contributed by atoms with E-state index in [1.54, 1.807) is 24.9 Å². The topological polar surface area (TPSA) is 26.3 Å². The van der Waals surface area contributed by atoms with Gasteiger partial charge in [-0.15, -0.1) is 11.8 Å². The minimum absolute atomic E-state index is 0.0870. The number of hydrogen-bond acceptors (Lipinski definition) is 3. The highest BCUT2D eigenvalue weighted by molar-refractivity contribution is 8.00. The summed E-state index contributed by atoms with van der Waals surface area (Å²) in [5.74, 6) is 1.14. The van der Waals surface area contributed by atoms with Gasteiger partial charge in [-0.2, -0.15) is 0 Å². The molecule has 0 aliphatic rings. The molecule has 2 rings (SSSR count). The molecule has 0 aliphatic carbocycles. The van der Waals surface area contributed by atoms with Crippen LogP contribution in [0.25, 0.3) is 0 Å². The number of carbonyl (C=O) groups excluding carboxylic acids is 1. The fraction of sp³-hybridized carbons (Fsp3) is 0.188. The largest absolute Gasteiger partial charge is 0.496 e. The van der Waals surface area contributed by atoms with E-state index in [0.717, 1.165) is 4.90 Å². The zero-order valence-electron chi connectivity index (χ0n) is 11.1. The van der Waals surface area contributed by atoms with Crippen LogP contribution in [0.1, 0.15) is 15.9 Å². The van der Waals surface area contributed by atoms with E-state index >= 15 is 0 Å². The molecule has 0 spiro atoms. The summed E-state index contributed by atoms with van der Waals surface area (Å²) < 4.78 is 5.21. The van der Waals surface area contributed by atoms with E-state index in [1.807, 2.05) is 43.3 Å². The molecule has 2 nitrogen and oxygen atoms in total. The normalized spacial score (nSPS) is 10.2. The number of aryl methyl sites for hydroxylation is 1. The number of rotatable bonds is 5. The summed E-state index contributed by atoms with van der Waals surface area (Å²) in [4.78, 5) is 13.3. The van der Waals surface area contributed by atoms with Crippen LogP contribution in [0.4, 0.5) is 0 Å². The number of Topliss-reactive ketones (excluding diaryl/α,β-unsaturated/α-hetero) is 1. The van der Waals surface area contributed by atoms with Gasteiger partial charge in [0.2, 0.25) is 0 Å². The molecule has 0 fully saturated rings. The first-order valence-corrected chi connectivity index (χ1v) is 7.05. The molecular formula is C16H16O2S. The van der Waals surface area contributed by atoms with Crippen molar-refractivity contribution in [1.82, 2.24) is 0 Å².